The Morgan fingerprint density at radius 3 is 2.21 bits per heavy atom. The molecule has 3 aromatic rings. The highest BCUT2D eigenvalue weighted by atomic mass is 35.5. The lowest BCUT2D eigenvalue weighted by atomic mass is 10.1. The molecule has 0 spiro atoms. The number of carbonyl (C=O) groups is 2. The number of nitrogens with two attached hydrogens (primary N) is 4. The largest absolute Gasteiger partial charge is 0.488 e. The van der Waals surface area contributed by atoms with Gasteiger partial charge >= 0.3 is 0 Å². The minimum atomic E-state index is -0.816. The number of anilines is 1. The second-order valence-electron chi connectivity index (χ2n) is 7.49. The van der Waals surface area contributed by atoms with Crippen molar-refractivity contribution in [2.24, 2.45) is 27.9 Å². The van der Waals surface area contributed by atoms with E-state index >= 15 is 0 Å². The van der Waals surface area contributed by atoms with Gasteiger partial charge in [0, 0.05) is 16.8 Å². The van der Waals surface area contributed by atoms with Crippen LogP contribution in [0.1, 0.15) is 21.5 Å². The van der Waals surface area contributed by atoms with Crippen LogP contribution in [-0.2, 0) is 17.8 Å². The summed E-state index contributed by atoms with van der Waals surface area (Å²) in [4.78, 5) is 28.4. The van der Waals surface area contributed by atoms with Crippen LogP contribution in [0.4, 0.5) is 11.4 Å². The van der Waals surface area contributed by atoms with Gasteiger partial charge in [0.15, 0.2) is 5.96 Å². The molecule has 0 unspecified atom stereocenters. The summed E-state index contributed by atoms with van der Waals surface area (Å²) in [5.74, 6) is -0.847. The van der Waals surface area contributed by atoms with Gasteiger partial charge in [-0.25, -0.2) is 4.99 Å². The number of aliphatic imine (C=N–C) groups is 1. The van der Waals surface area contributed by atoms with E-state index < -0.39 is 17.9 Å². The van der Waals surface area contributed by atoms with Gasteiger partial charge in [0.1, 0.15) is 12.4 Å². The highest BCUT2D eigenvalue weighted by molar-refractivity contribution is 6.30. The van der Waals surface area contributed by atoms with Crippen LogP contribution in [0.5, 0.6) is 5.75 Å². The summed E-state index contributed by atoms with van der Waals surface area (Å²) >= 11 is 5.90. The maximum atomic E-state index is 12.6. The molecule has 0 radical (unpaired) electrons. The molecule has 3 rings (SSSR count). The molecule has 0 bridgehead atoms. The number of carbonyl (C=O) groups excluding carboxylic acids is 2. The summed E-state index contributed by atoms with van der Waals surface area (Å²) in [6, 6.07) is 17.9. The van der Waals surface area contributed by atoms with E-state index in [1.54, 1.807) is 54.6 Å². The smallest absolute Gasteiger partial charge is 0.252 e. The van der Waals surface area contributed by atoms with E-state index in [1.807, 2.05) is 0 Å². The molecule has 1 atom stereocenters. The average Bonchev–Trinajstić information content (AvgIpc) is 2.79. The zero-order chi connectivity index (χ0) is 24.7. The SMILES string of the molecule is NC(=O)c1ccc(NC(=O)[C@@H](N)Cc2ccc(N=C(N)N)cc2)cc1OCc1ccc(Cl)cc1. The van der Waals surface area contributed by atoms with Gasteiger partial charge in [0.2, 0.25) is 5.91 Å². The average molecular weight is 481 g/mol. The molecular formula is C24H25ClN6O3. The number of nitrogens with one attached hydrogen (secondary N) is 1. The number of rotatable bonds is 9. The van der Waals surface area contributed by atoms with Gasteiger partial charge in [-0.3, -0.25) is 9.59 Å². The molecule has 176 valence electrons. The third kappa shape index (κ3) is 6.96. The second-order valence-corrected chi connectivity index (χ2v) is 7.93. The van der Waals surface area contributed by atoms with E-state index in [4.69, 9.17) is 39.3 Å². The van der Waals surface area contributed by atoms with Gasteiger partial charge in [-0.2, -0.15) is 0 Å². The van der Waals surface area contributed by atoms with E-state index in [2.05, 4.69) is 10.3 Å². The highest BCUT2D eigenvalue weighted by Crippen LogP contribution is 2.25. The van der Waals surface area contributed by atoms with Crippen molar-refractivity contribution < 1.29 is 14.3 Å². The van der Waals surface area contributed by atoms with Crippen molar-refractivity contribution in [3.8, 4) is 5.75 Å². The summed E-state index contributed by atoms with van der Waals surface area (Å²) in [5.41, 5.74) is 25.2. The number of hydrogen-bond acceptors (Lipinski definition) is 5. The predicted molar refractivity (Wildman–Crippen MR) is 133 cm³/mol. The molecular weight excluding hydrogens is 456 g/mol. The van der Waals surface area contributed by atoms with E-state index in [0.717, 1.165) is 11.1 Å². The van der Waals surface area contributed by atoms with Gasteiger partial charge in [-0.1, -0.05) is 35.9 Å². The number of nitrogens with zero attached hydrogens (tertiary/aromatic N) is 1. The number of amides is 2. The third-order valence-electron chi connectivity index (χ3n) is 4.81. The quantitative estimate of drug-likeness (QED) is 0.232. The lowest BCUT2D eigenvalue weighted by Gasteiger charge is -2.15. The van der Waals surface area contributed by atoms with Crippen LogP contribution in [0.25, 0.3) is 0 Å². The fourth-order valence-corrected chi connectivity index (χ4v) is 3.23. The van der Waals surface area contributed by atoms with Crippen molar-refractivity contribution in [1.82, 2.24) is 0 Å². The third-order valence-corrected chi connectivity index (χ3v) is 5.06. The number of ether oxygens (including phenoxy) is 1. The lowest BCUT2D eigenvalue weighted by molar-refractivity contribution is -0.117. The first kappa shape index (κ1) is 24.6. The molecule has 3 aromatic carbocycles. The van der Waals surface area contributed by atoms with Crippen molar-refractivity contribution >= 4 is 40.7 Å². The Labute approximate surface area is 201 Å². The number of primary amides is 1. The van der Waals surface area contributed by atoms with Crippen LogP contribution in [0, 0.1) is 0 Å². The highest BCUT2D eigenvalue weighted by Gasteiger charge is 2.17. The van der Waals surface area contributed by atoms with Crippen LogP contribution in [-0.4, -0.2) is 23.8 Å². The van der Waals surface area contributed by atoms with Crippen LogP contribution in [0.3, 0.4) is 0 Å². The van der Waals surface area contributed by atoms with Crippen LogP contribution in [0.15, 0.2) is 71.7 Å². The summed E-state index contributed by atoms with van der Waals surface area (Å²) in [7, 11) is 0. The Morgan fingerprint density at radius 1 is 0.941 bits per heavy atom. The molecule has 0 aromatic heterocycles. The van der Waals surface area contributed by atoms with E-state index in [1.165, 1.54) is 12.1 Å². The standard InChI is InChI=1S/C24H25ClN6O3/c25-16-5-1-15(2-6-16)13-34-21-12-18(9-10-19(21)22(27)32)30-23(33)20(26)11-14-3-7-17(8-4-14)31-24(28)29/h1-10,12,20H,11,13,26H2,(H2,27,32)(H,30,33)(H4,28,29,31)/t20-/m0/s1. The molecule has 0 saturated heterocycles. The Morgan fingerprint density at radius 2 is 1.59 bits per heavy atom. The first-order valence-corrected chi connectivity index (χ1v) is 10.6. The minimum absolute atomic E-state index is 0.0392. The van der Waals surface area contributed by atoms with Gasteiger partial charge < -0.3 is 33.0 Å². The molecule has 0 saturated carbocycles. The van der Waals surface area contributed by atoms with Gasteiger partial charge in [0.05, 0.1) is 17.3 Å². The first-order chi connectivity index (χ1) is 16.2. The zero-order valence-corrected chi connectivity index (χ0v) is 19.0. The topological polar surface area (TPSA) is 172 Å². The van der Waals surface area contributed by atoms with Gasteiger partial charge in [-0.15, -0.1) is 0 Å². The molecule has 10 heteroatoms. The van der Waals surface area contributed by atoms with Crippen molar-refractivity contribution in [1.29, 1.82) is 0 Å². The Balaban J connectivity index is 1.66. The maximum Gasteiger partial charge on any atom is 0.252 e. The lowest BCUT2D eigenvalue weighted by Crippen LogP contribution is -2.37. The summed E-state index contributed by atoms with van der Waals surface area (Å²) in [6.45, 7) is 0.185. The molecule has 0 fully saturated rings. The minimum Gasteiger partial charge on any atom is -0.488 e. The maximum absolute atomic E-state index is 12.6. The van der Waals surface area contributed by atoms with Crippen molar-refractivity contribution in [3.05, 3.63) is 88.4 Å². The fourth-order valence-electron chi connectivity index (χ4n) is 3.10. The van der Waals surface area contributed by atoms with Crippen LogP contribution in [0.2, 0.25) is 5.02 Å². The molecule has 2 amide bonds. The summed E-state index contributed by atoms with van der Waals surface area (Å²) < 4.78 is 5.79. The van der Waals surface area contributed by atoms with Gasteiger partial charge in [-0.05, 0) is 53.9 Å². The molecule has 0 aliphatic rings. The summed E-state index contributed by atoms with van der Waals surface area (Å²) in [5, 5.41) is 3.35. The Hall–Kier alpha value is -4.08. The number of hydrogen-bond donors (Lipinski definition) is 5. The van der Waals surface area contributed by atoms with Crippen molar-refractivity contribution in [2.45, 2.75) is 19.1 Å². The number of guanidine groups is 1. The number of benzene rings is 3. The Bertz CT molecular complexity index is 1190. The fraction of sp³-hybridized carbons (Fsp3) is 0.125. The van der Waals surface area contributed by atoms with E-state index in [0.29, 0.717) is 22.8 Å². The molecule has 0 aliphatic heterocycles. The first-order valence-electron chi connectivity index (χ1n) is 10.3. The van der Waals surface area contributed by atoms with E-state index in [9.17, 15) is 9.59 Å². The second kappa shape index (κ2) is 11.2. The molecule has 9 nitrogen and oxygen atoms in total. The molecule has 34 heavy (non-hydrogen) atoms. The van der Waals surface area contributed by atoms with Crippen molar-refractivity contribution in [3.63, 3.8) is 0 Å². The summed E-state index contributed by atoms with van der Waals surface area (Å²) in [6.07, 6.45) is 0.299. The molecule has 0 aliphatic carbocycles. The monoisotopic (exact) mass is 480 g/mol. The zero-order valence-electron chi connectivity index (χ0n) is 18.2. The van der Waals surface area contributed by atoms with Crippen LogP contribution < -0.4 is 33.0 Å². The molecule has 0 heterocycles. The van der Waals surface area contributed by atoms with Crippen molar-refractivity contribution in [2.75, 3.05) is 5.32 Å². The van der Waals surface area contributed by atoms with E-state index in [-0.39, 0.29) is 23.9 Å². The predicted octanol–water partition coefficient (Wildman–Crippen LogP) is 2.43. The normalized spacial score (nSPS) is 11.4. The van der Waals surface area contributed by atoms with Gasteiger partial charge in [0.25, 0.3) is 5.91 Å². The Kier molecular flexibility index (Phi) is 8.07. The van der Waals surface area contributed by atoms with Crippen LogP contribution >= 0.6 is 11.6 Å². The number of halogens is 1. The molecule has 9 N–H and O–H groups in total.